The Hall–Kier alpha value is -0.770. The number of hydrogen-bond acceptors (Lipinski definition) is 4. The first-order valence-electron chi connectivity index (χ1n) is 4.59. The molecule has 2 rings (SSSR count). The van der Waals surface area contributed by atoms with Gasteiger partial charge < -0.3 is 10.6 Å². The van der Waals surface area contributed by atoms with E-state index >= 15 is 0 Å². The van der Waals surface area contributed by atoms with Gasteiger partial charge in [-0.2, -0.15) is 0 Å². The molecule has 1 aliphatic carbocycles. The van der Waals surface area contributed by atoms with Crippen molar-refractivity contribution in [2.45, 2.75) is 13.3 Å². The minimum atomic E-state index is 0.797. The highest BCUT2D eigenvalue weighted by molar-refractivity contribution is 7.19. The molecule has 0 spiro atoms. The minimum Gasteiger partial charge on any atom is -0.389 e. The van der Waals surface area contributed by atoms with Crippen molar-refractivity contribution in [3.63, 3.8) is 0 Å². The lowest BCUT2D eigenvalue weighted by Crippen LogP contribution is -2.20. The number of nitrogens with zero attached hydrogens (tertiary/aromatic N) is 2. The lowest BCUT2D eigenvalue weighted by atomic mass is 10.3. The average Bonchev–Trinajstić information content (AvgIpc) is 2.62. The van der Waals surface area contributed by atoms with Gasteiger partial charge in [-0.15, -0.1) is 0 Å². The van der Waals surface area contributed by atoms with E-state index in [1.165, 1.54) is 6.42 Å². The van der Waals surface area contributed by atoms with E-state index in [4.69, 9.17) is 5.73 Å². The highest BCUT2D eigenvalue weighted by Gasteiger charge is 2.33. The van der Waals surface area contributed by atoms with Gasteiger partial charge in [-0.25, -0.2) is 4.98 Å². The fraction of sp³-hybridized carbons (Fsp3) is 0.667. The van der Waals surface area contributed by atoms with Crippen LogP contribution >= 0.6 is 11.3 Å². The topological polar surface area (TPSA) is 42.2 Å². The second-order valence-electron chi connectivity index (χ2n) is 3.90. The molecule has 0 amide bonds. The van der Waals surface area contributed by atoms with Gasteiger partial charge in [0.1, 0.15) is 5.00 Å². The molecule has 0 aromatic carbocycles. The van der Waals surface area contributed by atoms with Gasteiger partial charge in [0.15, 0.2) is 5.13 Å². The van der Waals surface area contributed by atoms with Gasteiger partial charge in [0.25, 0.3) is 0 Å². The number of anilines is 2. The van der Waals surface area contributed by atoms with Gasteiger partial charge in [-0.3, -0.25) is 0 Å². The van der Waals surface area contributed by atoms with Crippen molar-refractivity contribution in [2.75, 3.05) is 24.2 Å². The largest absolute Gasteiger partial charge is 0.389 e. The third kappa shape index (κ3) is 1.94. The third-order valence-electron chi connectivity index (χ3n) is 2.62. The van der Waals surface area contributed by atoms with Crippen LogP contribution < -0.4 is 10.6 Å². The molecule has 1 fully saturated rings. The van der Waals surface area contributed by atoms with Crippen LogP contribution in [0.15, 0.2) is 6.20 Å². The van der Waals surface area contributed by atoms with Crippen molar-refractivity contribution in [1.82, 2.24) is 4.98 Å². The third-order valence-corrected chi connectivity index (χ3v) is 3.56. The first kappa shape index (κ1) is 8.81. The van der Waals surface area contributed by atoms with E-state index in [-0.39, 0.29) is 0 Å². The highest BCUT2D eigenvalue weighted by atomic mass is 32.1. The van der Waals surface area contributed by atoms with Crippen LogP contribution in [0.1, 0.15) is 13.3 Å². The van der Waals surface area contributed by atoms with Crippen LogP contribution in [-0.4, -0.2) is 18.6 Å². The molecule has 3 nitrogen and oxygen atoms in total. The number of nitrogen functional groups attached to an aromatic ring is 1. The Morgan fingerprint density at radius 3 is 2.92 bits per heavy atom. The van der Waals surface area contributed by atoms with Gasteiger partial charge >= 0.3 is 0 Å². The molecule has 2 N–H and O–H groups in total. The van der Waals surface area contributed by atoms with Crippen LogP contribution in [0.25, 0.3) is 0 Å². The Morgan fingerprint density at radius 1 is 1.77 bits per heavy atom. The summed E-state index contributed by atoms with van der Waals surface area (Å²) in [6.07, 6.45) is 3.10. The van der Waals surface area contributed by atoms with Crippen LogP contribution in [0.4, 0.5) is 10.1 Å². The average molecular weight is 197 g/mol. The van der Waals surface area contributed by atoms with Gasteiger partial charge in [0, 0.05) is 13.6 Å². The van der Waals surface area contributed by atoms with E-state index in [9.17, 15) is 0 Å². The molecule has 0 bridgehead atoms. The second kappa shape index (κ2) is 3.18. The van der Waals surface area contributed by atoms with Gasteiger partial charge in [0.2, 0.25) is 0 Å². The van der Waals surface area contributed by atoms with E-state index in [2.05, 4.69) is 23.9 Å². The zero-order valence-electron chi connectivity index (χ0n) is 8.03. The normalized spacial score (nSPS) is 26.0. The minimum absolute atomic E-state index is 0.797. The summed E-state index contributed by atoms with van der Waals surface area (Å²) in [4.78, 5) is 6.44. The van der Waals surface area contributed by atoms with Crippen LogP contribution in [0, 0.1) is 11.8 Å². The van der Waals surface area contributed by atoms with E-state index in [1.807, 2.05) is 0 Å². The maximum Gasteiger partial charge on any atom is 0.186 e. The van der Waals surface area contributed by atoms with E-state index < -0.39 is 0 Å². The smallest absolute Gasteiger partial charge is 0.186 e. The first-order chi connectivity index (χ1) is 6.16. The summed E-state index contributed by atoms with van der Waals surface area (Å²) in [5, 5.41) is 1.84. The van der Waals surface area contributed by atoms with Crippen LogP contribution in [0.3, 0.4) is 0 Å². The molecule has 0 aliphatic heterocycles. The SMILES string of the molecule is CC1CC1CN(C)c1ncc(N)s1. The molecular formula is C9H15N3S. The van der Waals surface area contributed by atoms with Gasteiger partial charge in [-0.05, 0) is 18.3 Å². The lowest BCUT2D eigenvalue weighted by molar-refractivity contribution is 0.724. The van der Waals surface area contributed by atoms with E-state index in [1.54, 1.807) is 17.5 Å². The Balaban J connectivity index is 1.93. The number of aromatic nitrogens is 1. The van der Waals surface area contributed by atoms with Gasteiger partial charge in [0.05, 0.1) is 6.20 Å². The van der Waals surface area contributed by atoms with E-state index in [0.717, 1.165) is 28.5 Å². The summed E-state index contributed by atoms with van der Waals surface area (Å²) >= 11 is 1.56. The Bertz CT molecular complexity index is 297. The number of thiazole rings is 1. The van der Waals surface area contributed by atoms with Crippen molar-refractivity contribution in [3.8, 4) is 0 Å². The first-order valence-corrected chi connectivity index (χ1v) is 5.41. The fourth-order valence-electron chi connectivity index (χ4n) is 1.54. The van der Waals surface area contributed by atoms with Crippen molar-refractivity contribution >= 4 is 21.5 Å². The zero-order valence-corrected chi connectivity index (χ0v) is 8.84. The Morgan fingerprint density at radius 2 is 2.46 bits per heavy atom. The monoisotopic (exact) mass is 197 g/mol. The number of rotatable bonds is 3. The van der Waals surface area contributed by atoms with Crippen molar-refractivity contribution in [2.24, 2.45) is 11.8 Å². The number of hydrogen-bond donors (Lipinski definition) is 1. The van der Waals surface area contributed by atoms with Crippen molar-refractivity contribution in [1.29, 1.82) is 0 Å². The van der Waals surface area contributed by atoms with E-state index in [0.29, 0.717) is 0 Å². The highest BCUT2D eigenvalue weighted by Crippen LogP contribution is 2.39. The van der Waals surface area contributed by atoms with Crippen LogP contribution in [0.5, 0.6) is 0 Å². The predicted molar refractivity (Wildman–Crippen MR) is 57.1 cm³/mol. The summed E-state index contributed by atoms with van der Waals surface area (Å²) in [6.45, 7) is 3.42. The van der Waals surface area contributed by atoms with Crippen molar-refractivity contribution < 1.29 is 0 Å². The van der Waals surface area contributed by atoms with Crippen LogP contribution in [-0.2, 0) is 0 Å². The standard InChI is InChI=1S/C9H15N3S/c1-6-3-7(6)5-12(2)9-11-4-8(10)13-9/h4,6-7H,3,5,10H2,1-2H3. The second-order valence-corrected chi connectivity index (χ2v) is 4.94. The number of nitrogens with two attached hydrogens (primary N) is 1. The van der Waals surface area contributed by atoms with Gasteiger partial charge in [-0.1, -0.05) is 18.3 Å². The molecule has 0 radical (unpaired) electrons. The molecule has 1 aliphatic rings. The summed E-state index contributed by atoms with van der Waals surface area (Å²) in [7, 11) is 2.09. The predicted octanol–water partition coefficient (Wildman–Crippen LogP) is 1.82. The molecule has 1 aromatic rings. The zero-order chi connectivity index (χ0) is 9.42. The lowest BCUT2D eigenvalue weighted by Gasteiger charge is -2.14. The molecule has 2 unspecified atom stereocenters. The fourth-order valence-corrected chi connectivity index (χ4v) is 2.19. The molecule has 1 heterocycles. The van der Waals surface area contributed by atoms with Crippen molar-refractivity contribution in [3.05, 3.63) is 6.20 Å². The Labute approximate surface area is 82.6 Å². The maximum atomic E-state index is 5.62. The molecule has 72 valence electrons. The molecular weight excluding hydrogens is 182 g/mol. The molecule has 13 heavy (non-hydrogen) atoms. The summed E-state index contributed by atoms with van der Waals surface area (Å²) in [5.41, 5.74) is 5.62. The summed E-state index contributed by atoms with van der Waals surface area (Å²) in [5.74, 6) is 1.77. The summed E-state index contributed by atoms with van der Waals surface area (Å²) < 4.78 is 0. The maximum absolute atomic E-state index is 5.62. The molecule has 4 heteroatoms. The Kier molecular flexibility index (Phi) is 2.15. The quantitative estimate of drug-likeness (QED) is 0.803. The molecule has 2 atom stereocenters. The summed E-state index contributed by atoms with van der Waals surface area (Å²) in [6, 6.07) is 0. The van der Waals surface area contributed by atoms with Crippen LogP contribution in [0.2, 0.25) is 0 Å². The molecule has 0 saturated heterocycles. The molecule has 1 saturated carbocycles. The molecule has 1 aromatic heterocycles.